The first-order valence-corrected chi connectivity index (χ1v) is 9.77. The minimum Gasteiger partial charge on any atom is -0.461 e. The molecule has 0 aliphatic carbocycles. The highest BCUT2D eigenvalue weighted by atomic mass is 35.5. The number of rotatable bonds is 9. The standard InChI is InChI=1S/C21H27ClO5/c1-3-5-16(6-4-2)19(24)26-14-21(13-23)12-17(20(25)27-21)11-15-7-9-18(22)10-8-15/h7-11,16,23H,3-6,12-14H2,1-2H3/b17-11+. The number of carbonyl (C=O) groups excluding carboxylic acids is 2. The Labute approximate surface area is 165 Å². The monoisotopic (exact) mass is 394 g/mol. The second-order valence-corrected chi connectivity index (χ2v) is 7.45. The van der Waals surface area contributed by atoms with E-state index in [1.54, 1.807) is 30.3 Å². The first-order chi connectivity index (χ1) is 12.9. The molecule has 0 bridgehead atoms. The van der Waals surface area contributed by atoms with Crippen molar-refractivity contribution in [2.45, 2.75) is 51.6 Å². The van der Waals surface area contributed by atoms with Gasteiger partial charge >= 0.3 is 11.9 Å². The molecule has 0 saturated carbocycles. The zero-order valence-corrected chi connectivity index (χ0v) is 16.6. The Morgan fingerprint density at radius 1 is 1.30 bits per heavy atom. The third-order valence-corrected chi connectivity index (χ3v) is 4.92. The van der Waals surface area contributed by atoms with Crippen LogP contribution in [0.15, 0.2) is 29.8 Å². The zero-order valence-electron chi connectivity index (χ0n) is 15.9. The number of benzene rings is 1. The lowest BCUT2D eigenvalue weighted by atomic mass is 9.97. The molecule has 1 heterocycles. The number of hydrogen-bond donors (Lipinski definition) is 1. The molecule has 1 aliphatic rings. The van der Waals surface area contributed by atoms with Crippen molar-refractivity contribution < 1.29 is 24.2 Å². The molecule has 0 radical (unpaired) electrons. The van der Waals surface area contributed by atoms with Gasteiger partial charge in [-0.15, -0.1) is 0 Å². The molecule has 0 aromatic heterocycles. The van der Waals surface area contributed by atoms with Crippen molar-refractivity contribution in [1.29, 1.82) is 0 Å². The van der Waals surface area contributed by atoms with Crippen LogP contribution >= 0.6 is 11.6 Å². The van der Waals surface area contributed by atoms with Crippen LogP contribution in [-0.2, 0) is 19.1 Å². The molecule has 5 nitrogen and oxygen atoms in total. The van der Waals surface area contributed by atoms with Gasteiger partial charge in [-0.05, 0) is 36.6 Å². The van der Waals surface area contributed by atoms with Crippen LogP contribution in [0.5, 0.6) is 0 Å². The normalized spacial score (nSPS) is 20.9. The number of hydrogen-bond acceptors (Lipinski definition) is 5. The lowest BCUT2D eigenvalue weighted by Gasteiger charge is -2.25. The van der Waals surface area contributed by atoms with Gasteiger partial charge in [-0.1, -0.05) is 50.4 Å². The maximum absolute atomic E-state index is 12.4. The largest absolute Gasteiger partial charge is 0.461 e. The number of halogens is 1. The Balaban J connectivity index is 2.05. The summed E-state index contributed by atoms with van der Waals surface area (Å²) in [5.41, 5.74) is 0.0256. The summed E-state index contributed by atoms with van der Waals surface area (Å²) in [5.74, 6) is -0.955. The highest BCUT2D eigenvalue weighted by Gasteiger charge is 2.44. The maximum atomic E-state index is 12.4. The van der Waals surface area contributed by atoms with E-state index in [0.717, 1.165) is 31.2 Å². The van der Waals surface area contributed by atoms with Gasteiger partial charge in [0, 0.05) is 17.0 Å². The first kappa shape index (κ1) is 21.5. The quantitative estimate of drug-likeness (QED) is 0.503. The number of aliphatic hydroxyl groups excluding tert-OH is 1. The summed E-state index contributed by atoms with van der Waals surface area (Å²) in [5, 5.41) is 10.4. The summed E-state index contributed by atoms with van der Waals surface area (Å²) in [6, 6.07) is 7.05. The van der Waals surface area contributed by atoms with Gasteiger partial charge in [0.1, 0.15) is 6.61 Å². The van der Waals surface area contributed by atoms with Crippen LogP contribution in [0, 0.1) is 5.92 Å². The van der Waals surface area contributed by atoms with Gasteiger partial charge in [0.25, 0.3) is 0 Å². The molecule has 0 amide bonds. The lowest BCUT2D eigenvalue weighted by molar-refractivity contribution is -0.169. The molecule has 1 saturated heterocycles. The number of ether oxygens (including phenoxy) is 2. The van der Waals surface area contributed by atoms with Crippen LogP contribution in [0.25, 0.3) is 6.08 Å². The van der Waals surface area contributed by atoms with Crippen molar-refractivity contribution in [2.24, 2.45) is 5.92 Å². The Morgan fingerprint density at radius 3 is 2.48 bits per heavy atom. The van der Waals surface area contributed by atoms with Gasteiger partial charge in [0.15, 0.2) is 5.60 Å². The van der Waals surface area contributed by atoms with Crippen molar-refractivity contribution in [1.82, 2.24) is 0 Å². The molecule has 0 spiro atoms. The van der Waals surface area contributed by atoms with E-state index in [1.807, 2.05) is 13.8 Å². The van der Waals surface area contributed by atoms with Gasteiger partial charge in [-0.25, -0.2) is 4.79 Å². The fraction of sp³-hybridized carbons (Fsp3) is 0.524. The summed E-state index contributed by atoms with van der Waals surface area (Å²) < 4.78 is 10.8. The van der Waals surface area contributed by atoms with Gasteiger partial charge in [0.05, 0.1) is 12.5 Å². The molecular weight excluding hydrogens is 368 g/mol. The number of esters is 2. The Morgan fingerprint density at radius 2 is 1.93 bits per heavy atom. The molecule has 6 heteroatoms. The first-order valence-electron chi connectivity index (χ1n) is 9.40. The molecule has 1 N–H and O–H groups in total. The predicted molar refractivity (Wildman–Crippen MR) is 104 cm³/mol. The highest BCUT2D eigenvalue weighted by molar-refractivity contribution is 6.30. The van der Waals surface area contributed by atoms with Crippen LogP contribution in [0.2, 0.25) is 5.02 Å². The van der Waals surface area contributed by atoms with Crippen molar-refractivity contribution >= 4 is 29.6 Å². The molecule has 1 atom stereocenters. The topological polar surface area (TPSA) is 72.8 Å². The SMILES string of the molecule is CCCC(CCC)C(=O)OCC1(CO)C/C(=C\c2ccc(Cl)cc2)C(=O)O1. The van der Waals surface area contributed by atoms with E-state index in [4.69, 9.17) is 21.1 Å². The molecule has 1 fully saturated rings. The number of cyclic esters (lactones) is 1. The Kier molecular flexibility index (Phi) is 7.87. The maximum Gasteiger partial charge on any atom is 0.334 e. The van der Waals surface area contributed by atoms with Gasteiger partial charge < -0.3 is 14.6 Å². The molecule has 1 unspecified atom stereocenters. The molecule has 1 aromatic rings. The summed E-state index contributed by atoms with van der Waals surface area (Å²) in [4.78, 5) is 24.6. The summed E-state index contributed by atoms with van der Waals surface area (Å²) in [6.07, 6.45) is 5.21. The smallest absolute Gasteiger partial charge is 0.334 e. The Hall–Kier alpha value is -1.85. The van der Waals surface area contributed by atoms with E-state index in [0.29, 0.717) is 10.6 Å². The minimum absolute atomic E-state index is 0.143. The Bertz CT molecular complexity index is 676. The molecule has 1 aliphatic heterocycles. The third-order valence-electron chi connectivity index (χ3n) is 4.67. The van der Waals surface area contributed by atoms with Gasteiger partial charge in [-0.2, -0.15) is 0 Å². The van der Waals surface area contributed by atoms with E-state index >= 15 is 0 Å². The highest BCUT2D eigenvalue weighted by Crippen LogP contribution is 2.33. The number of aliphatic hydroxyl groups is 1. The van der Waals surface area contributed by atoms with Crippen LogP contribution < -0.4 is 0 Å². The third kappa shape index (κ3) is 5.81. The number of carbonyl (C=O) groups is 2. The van der Waals surface area contributed by atoms with E-state index < -0.39 is 18.2 Å². The second-order valence-electron chi connectivity index (χ2n) is 7.01. The van der Waals surface area contributed by atoms with Crippen LogP contribution in [0.3, 0.4) is 0 Å². The zero-order chi connectivity index (χ0) is 19.9. The average molecular weight is 395 g/mol. The predicted octanol–water partition coefficient (Wildman–Crippen LogP) is 4.16. The molecule has 148 valence electrons. The van der Waals surface area contributed by atoms with Crippen LogP contribution in [0.1, 0.15) is 51.5 Å². The summed E-state index contributed by atoms with van der Waals surface area (Å²) in [7, 11) is 0. The summed E-state index contributed by atoms with van der Waals surface area (Å²) >= 11 is 5.87. The second kappa shape index (κ2) is 9.90. The van der Waals surface area contributed by atoms with E-state index in [-0.39, 0.29) is 24.9 Å². The van der Waals surface area contributed by atoms with Crippen molar-refractivity contribution in [3.63, 3.8) is 0 Å². The fourth-order valence-corrected chi connectivity index (χ4v) is 3.33. The lowest BCUT2D eigenvalue weighted by Crippen LogP contribution is -2.40. The molecular formula is C21H27ClO5. The minimum atomic E-state index is -1.21. The van der Waals surface area contributed by atoms with Crippen molar-refractivity contribution in [2.75, 3.05) is 13.2 Å². The van der Waals surface area contributed by atoms with E-state index in [2.05, 4.69) is 0 Å². The van der Waals surface area contributed by atoms with Crippen LogP contribution in [-0.4, -0.2) is 35.9 Å². The average Bonchev–Trinajstić information content (AvgIpc) is 2.97. The van der Waals surface area contributed by atoms with Gasteiger partial charge in [0.2, 0.25) is 0 Å². The van der Waals surface area contributed by atoms with Crippen LogP contribution in [0.4, 0.5) is 0 Å². The van der Waals surface area contributed by atoms with E-state index in [1.165, 1.54) is 0 Å². The molecule has 2 rings (SSSR count). The fourth-order valence-electron chi connectivity index (χ4n) is 3.20. The van der Waals surface area contributed by atoms with Crippen molar-refractivity contribution in [3.05, 3.63) is 40.4 Å². The summed E-state index contributed by atoms with van der Waals surface area (Å²) in [6.45, 7) is 3.50. The van der Waals surface area contributed by atoms with Crippen molar-refractivity contribution in [3.8, 4) is 0 Å². The van der Waals surface area contributed by atoms with Gasteiger partial charge in [-0.3, -0.25) is 4.79 Å². The molecule has 27 heavy (non-hydrogen) atoms. The molecule has 1 aromatic carbocycles. The van der Waals surface area contributed by atoms with E-state index in [9.17, 15) is 14.7 Å².